The summed E-state index contributed by atoms with van der Waals surface area (Å²) in [5.74, 6) is -1.64. The van der Waals surface area contributed by atoms with E-state index in [0.717, 1.165) is 12.8 Å². The maximum absolute atomic E-state index is 14.5. The van der Waals surface area contributed by atoms with E-state index < -0.39 is 23.4 Å². The van der Waals surface area contributed by atoms with Gasteiger partial charge in [-0.1, -0.05) is 12.8 Å². The quantitative estimate of drug-likeness (QED) is 0.669. The van der Waals surface area contributed by atoms with E-state index in [1.54, 1.807) is 14.1 Å². The number of benzene rings is 2. The number of nitrogens with zero attached hydrogens (tertiary/aromatic N) is 2. The molecule has 2 amide bonds. The van der Waals surface area contributed by atoms with Crippen molar-refractivity contribution in [3.63, 3.8) is 0 Å². The molecule has 172 valence electrons. The lowest BCUT2D eigenvalue weighted by atomic mass is 9.87. The van der Waals surface area contributed by atoms with E-state index in [2.05, 4.69) is 0 Å². The topological polar surface area (TPSA) is 59.1 Å². The predicted octanol–water partition coefficient (Wildman–Crippen LogP) is 4.14. The Labute approximate surface area is 186 Å². The first-order chi connectivity index (χ1) is 15.3. The lowest BCUT2D eigenvalue weighted by Gasteiger charge is -2.42. The number of amides is 2. The molecule has 2 unspecified atom stereocenters. The number of hydrogen-bond acceptors (Lipinski definition) is 4. The average Bonchev–Trinajstić information content (AvgIpc) is 2.82. The zero-order valence-electron chi connectivity index (χ0n) is 18.7. The van der Waals surface area contributed by atoms with Gasteiger partial charge in [0.2, 0.25) is 0 Å². The minimum atomic E-state index is -0.668. The van der Waals surface area contributed by atoms with Gasteiger partial charge in [-0.15, -0.1) is 0 Å². The maximum Gasteiger partial charge on any atom is 0.256 e. The van der Waals surface area contributed by atoms with Crippen molar-refractivity contribution in [2.24, 2.45) is 0 Å². The van der Waals surface area contributed by atoms with Crippen molar-refractivity contribution in [2.75, 3.05) is 28.3 Å². The van der Waals surface area contributed by atoms with Gasteiger partial charge < -0.3 is 19.3 Å². The summed E-state index contributed by atoms with van der Waals surface area (Å²) in [6.07, 6.45) is 3.08. The van der Waals surface area contributed by atoms with Crippen molar-refractivity contribution in [1.82, 2.24) is 9.80 Å². The molecule has 6 nitrogen and oxygen atoms in total. The summed E-state index contributed by atoms with van der Waals surface area (Å²) >= 11 is 0. The molecule has 8 heteroatoms. The molecule has 0 N–H and O–H groups in total. The largest absolute Gasteiger partial charge is 0.497 e. The monoisotopic (exact) mass is 446 g/mol. The molecule has 0 spiro atoms. The molecule has 1 fully saturated rings. The van der Waals surface area contributed by atoms with Crippen LogP contribution in [-0.2, 0) is 0 Å². The summed E-state index contributed by atoms with van der Waals surface area (Å²) in [6.45, 7) is 0. The first-order valence-electron chi connectivity index (χ1n) is 10.5. The van der Waals surface area contributed by atoms with Gasteiger partial charge >= 0.3 is 0 Å². The van der Waals surface area contributed by atoms with Crippen LogP contribution in [0.2, 0.25) is 0 Å². The van der Waals surface area contributed by atoms with Gasteiger partial charge in [-0.25, -0.2) is 8.78 Å². The predicted molar refractivity (Wildman–Crippen MR) is 116 cm³/mol. The van der Waals surface area contributed by atoms with Gasteiger partial charge in [0.05, 0.1) is 37.4 Å². The molecule has 2 aromatic carbocycles. The van der Waals surface area contributed by atoms with Gasteiger partial charge in [-0.3, -0.25) is 9.59 Å². The number of rotatable bonds is 6. The van der Waals surface area contributed by atoms with Crippen LogP contribution in [0, 0.1) is 11.6 Å². The van der Waals surface area contributed by atoms with Crippen molar-refractivity contribution < 1.29 is 27.8 Å². The average molecular weight is 446 g/mol. The van der Waals surface area contributed by atoms with Gasteiger partial charge in [0.1, 0.15) is 23.1 Å². The second-order valence-electron chi connectivity index (χ2n) is 7.94. The van der Waals surface area contributed by atoms with Crippen LogP contribution in [0.4, 0.5) is 8.78 Å². The van der Waals surface area contributed by atoms with E-state index >= 15 is 0 Å². The van der Waals surface area contributed by atoms with E-state index in [9.17, 15) is 18.4 Å². The molecule has 1 saturated carbocycles. The third-order valence-electron chi connectivity index (χ3n) is 6.14. The van der Waals surface area contributed by atoms with E-state index in [1.165, 1.54) is 60.4 Å². The first-order valence-corrected chi connectivity index (χ1v) is 10.5. The molecular formula is C24H28F2N2O4. The fraction of sp³-hybridized carbons (Fsp3) is 0.417. The molecule has 0 saturated heterocycles. The minimum Gasteiger partial charge on any atom is -0.497 e. The van der Waals surface area contributed by atoms with Gasteiger partial charge in [-0.05, 0) is 37.1 Å². The van der Waals surface area contributed by atoms with E-state index in [1.807, 2.05) is 0 Å². The Kier molecular flexibility index (Phi) is 7.33. The smallest absolute Gasteiger partial charge is 0.256 e. The zero-order valence-corrected chi connectivity index (χ0v) is 18.7. The lowest BCUT2D eigenvalue weighted by Crippen LogP contribution is -2.54. The summed E-state index contributed by atoms with van der Waals surface area (Å²) in [5.41, 5.74) is -0.124. The molecule has 0 aliphatic heterocycles. The Morgan fingerprint density at radius 1 is 0.781 bits per heavy atom. The number of ether oxygens (including phenoxy) is 2. The van der Waals surface area contributed by atoms with Crippen LogP contribution in [0.25, 0.3) is 0 Å². The minimum absolute atomic E-state index is 0.0622. The van der Waals surface area contributed by atoms with Crippen LogP contribution < -0.4 is 9.47 Å². The van der Waals surface area contributed by atoms with Gasteiger partial charge in [0.25, 0.3) is 11.8 Å². The summed E-state index contributed by atoms with van der Waals surface area (Å²) in [6, 6.07) is 7.54. The number of likely N-dealkylation sites (N-methyl/N-ethyl adjacent to an activating group) is 2. The molecule has 1 aliphatic carbocycles. The maximum atomic E-state index is 14.5. The summed E-state index contributed by atoms with van der Waals surface area (Å²) in [7, 11) is 6.07. The van der Waals surface area contributed by atoms with Crippen LogP contribution in [0.5, 0.6) is 11.5 Å². The van der Waals surface area contributed by atoms with Gasteiger partial charge in [-0.2, -0.15) is 0 Å². The molecule has 0 radical (unpaired) electrons. The third-order valence-corrected chi connectivity index (χ3v) is 6.14. The molecule has 3 rings (SSSR count). The number of hydrogen-bond donors (Lipinski definition) is 0. The van der Waals surface area contributed by atoms with E-state index in [0.29, 0.717) is 24.3 Å². The molecule has 0 aromatic heterocycles. The van der Waals surface area contributed by atoms with Crippen molar-refractivity contribution in [3.05, 3.63) is 59.2 Å². The highest BCUT2D eigenvalue weighted by molar-refractivity contribution is 5.96. The Morgan fingerprint density at radius 3 is 1.47 bits per heavy atom. The van der Waals surface area contributed by atoms with Gasteiger partial charge in [0.15, 0.2) is 0 Å². The normalized spacial score (nSPS) is 18.1. The van der Waals surface area contributed by atoms with E-state index in [4.69, 9.17) is 9.47 Å². The molecule has 2 atom stereocenters. The van der Waals surface area contributed by atoms with Crippen LogP contribution in [0.3, 0.4) is 0 Å². The summed E-state index contributed by atoms with van der Waals surface area (Å²) in [5, 5.41) is 0. The second kappa shape index (κ2) is 9.97. The van der Waals surface area contributed by atoms with Crippen molar-refractivity contribution in [1.29, 1.82) is 0 Å². The number of carbonyl (C=O) groups excluding carboxylic acids is 2. The van der Waals surface area contributed by atoms with Crippen molar-refractivity contribution in [2.45, 2.75) is 37.8 Å². The number of halogens is 2. The number of carbonyl (C=O) groups is 2. The van der Waals surface area contributed by atoms with Crippen LogP contribution >= 0.6 is 0 Å². The molecule has 0 bridgehead atoms. The summed E-state index contributed by atoms with van der Waals surface area (Å²) < 4.78 is 39.0. The molecule has 0 heterocycles. The Balaban J connectivity index is 1.83. The molecule has 32 heavy (non-hydrogen) atoms. The van der Waals surface area contributed by atoms with Crippen LogP contribution in [0.1, 0.15) is 46.4 Å². The highest BCUT2D eigenvalue weighted by Gasteiger charge is 2.36. The fourth-order valence-electron chi connectivity index (χ4n) is 4.27. The Hall–Kier alpha value is -3.16. The SMILES string of the molecule is COc1ccc(C(=O)N(C)C2CCCCC2N(C)C(=O)c2ccc(OC)cc2F)c(F)c1. The molecule has 1 aliphatic rings. The Bertz CT molecular complexity index is 918. The van der Waals surface area contributed by atoms with Crippen molar-refractivity contribution in [3.8, 4) is 11.5 Å². The van der Waals surface area contributed by atoms with E-state index in [-0.39, 0.29) is 23.2 Å². The first kappa shape index (κ1) is 23.5. The standard InChI is InChI=1S/C24H28F2N2O4/c1-27(23(29)17-11-9-15(31-3)13-19(17)25)21-7-5-6-8-22(21)28(2)24(30)18-12-10-16(32-4)14-20(18)26/h9-14,21-22H,5-8H2,1-4H3. The van der Waals surface area contributed by atoms with Crippen LogP contribution in [-0.4, -0.2) is 62.0 Å². The highest BCUT2D eigenvalue weighted by Crippen LogP contribution is 2.29. The second-order valence-corrected chi connectivity index (χ2v) is 7.94. The van der Waals surface area contributed by atoms with Gasteiger partial charge in [0, 0.05) is 26.2 Å². The fourth-order valence-corrected chi connectivity index (χ4v) is 4.27. The Morgan fingerprint density at radius 2 is 1.16 bits per heavy atom. The van der Waals surface area contributed by atoms with Crippen LogP contribution in [0.15, 0.2) is 36.4 Å². The van der Waals surface area contributed by atoms with Crippen molar-refractivity contribution >= 4 is 11.8 Å². The summed E-state index contributed by atoms with van der Waals surface area (Å²) in [4.78, 5) is 29.1. The lowest BCUT2D eigenvalue weighted by molar-refractivity contribution is 0.0416. The zero-order chi connectivity index (χ0) is 23.4. The molecule has 2 aromatic rings. The number of methoxy groups -OCH3 is 2. The molecular weight excluding hydrogens is 418 g/mol. The third kappa shape index (κ3) is 4.69. The highest BCUT2D eigenvalue weighted by atomic mass is 19.1.